The van der Waals surface area contributed by atoms with Crippen LogP contribution in [0.4, 0.5) is 0 Å². The predicted molar refractivity (Wildman–Crippen MR) is 64.5 cm³/mol. The summed E-state index contributed by atoms with van der Waals surface area (Å²) in [7, 11) is 0. The maximum absolute atomic E-state index is 5.22. The largest absolute Gasteiger partial charge is 0.333 e. The number of nitrogens with zero attached hydrogens (tertiary/aromatic N) is 4. The Labute approximate surface area is 102 Å². The quantitative estimate of drug-likeness (QED) is 0.713. The zero-order valence-corrected chi connectivity index (χ0v) is 10.0. The minimum atomic E-state index is 0.508. The first kappa shape index (κ1) is 10.2. The molecule has 0 saturated carbocycles. The Bertz CT molecular complexity index is 611. The van der Waals surface area contributed by atoms with Crippen LogP contribution in [0.1, 0.15) is 6.92 Å². The molecular weight excluding hydrogens is 236 g/mol. The molecule has 0 bridgehead atoms. The number of hydrogen-bond acceptors (Lipinski definition) is 5. The molecule has 0 saturated heterocycles. The molecule has 0 aliphatic carbocycles. The van der Waals surface area contributed by atoms with Crippen molar-refractivity contribution in [3.8, 4) is 22.2 Å². The monoisotopic (exact) mass is 246 g/mol. The van der Waals surface area contributed by atoms with Crippen LogP contribution in [0.3, 0.4) is 0 Å². The first-order valence-corrected chi connectivity index (χ1v) is 6.15. The molecule has 5 nitrogen and oxygen atoms in total. The number of aryl methyl sites for hydroxylation is 1. The summed E-state index contributed by atoms with van der Waals surface area (Å²) in [5.74, 6) is 1.13. The molecule has 0 aromatic carbocycles. The maximum atomic E-state index is 5.22. The molecule has 0 spiro atoms. The van der Waals surface area contributed by atoms with Gasteiger partial charge in [-0.1, -0.05) is 11.2 Å². The first-order valence-electron chi connectivity index (χ1n) is 5.27. The zero-order valence-electron chi connectivity index (χ0n) is 9.20. The molecular formula is C11H10N4OS. The molecule has 86 valence electrons. The van der Waals surface area contributed by atoms with Crippen molar-refractivity contribution in [1.82, 2.24) is 19.9 Å². The van der Waals surface area contributed by atoms with Crippen molar-refractivity contribution in [2.24, 2.45) is 0 Å². The lowest BCUT2D eigenvalue weighted by molar-refractivity contribution is 0.432. The second-order valence-corrected chi connectivity index (χ2v) is 4.43. The highest BCUT2D eigenvalue weighted by molar-refractivity contribution is 7.13. The molecule has 0 aliphatic rings. The standard InChI is InChI=1S/C11H10N4OS/c1-2-15-7-8(6-12-15)11-13-10(14-16-11)9-4-3-5-17-9/h3-7H,2H2,1H3. The molecule has 0 atom stereocenters. The normalized spacial score (nSPS) is 10.9. The van der Waals surface area contributed by atoms with Crippen LogP contribution in [0.15, 0.2) is 34.4 Å². The lowest BCUT2D eigenvalue weighted by atomic mass is 10.3. The fraction of sp³-hybridized carbons (Fsp3) is 0.182. The summed E-state index contributed by atoms with van der Waals surface area (Å²) in [5, 5.41) is 10.1. The van der Waals surface area contributed by atoms with Gasteiger partial charge in [0.15, 0.2) is 0 Å². The maximum Gasteiger partial charge on any atom is 0.261 e. The van der Waals surface area contributed by atoms with Gasteiger partial charge in [-0.15, -0.1) is 11.3 Å². The molecule has 3 rings (SSSR count). The molecule has 0 amide bonds. The number of aromatic nitrogens is 4. The van der Waals surface area contributed by atoms with E-state index in [-0.39, 0.29) is 0 Å². The average Bonchev–Trinajstić information content (AvgIpc) is 3.09. The third-order valence-corrected chi connectivity index (χ3v) is 3.24. The molecule has 0 fully saturated rings. The summed E-state index contributed by atoms with van der Waals surface area (Å²) in [6.45, 7) is 2.85. The van der Waals surface area contributed by atoms with Crippen molar-refractivity contribution in [3.05, 3.63) is 29.9 Å². The Morgan fingerprint density at radius 2 is 2.41 bits per heavy atom. The van der Waals surface area contributed by atoms with Crippen LogP contribution in [-0.4, -0.2) is 19.9 Å². The van der Waals surface area contributed by atoms with Gasteiger partial charge >= 0.3 is 0 Å². The van der Waals surface area contributed by atoms with Gasteiger partial charge in [-0.25, -0.2) is 0 Å². The summed E-state index contributed by atoms with van der Waals surface area (Å²) in [6, 6.07) is 3.93. The average molecular weight is 246 g/mol. The SMILES string of the molecule is CCn1cc(-c2nc(-c3cccs3)no2)cn1. The summed E-state index contributed by atoms with van der Waals surface area (Å²) in [4.78, 5) is 5.35. The molecule has 0 aliphatic heterocycles. The van der Waals surface area contributed by atoms with E-state index in [2.05, 4.69) is 15.2 Å². The van der Waals surface area contributed by atoms with E-state index in [4.69, 9.17) is 4.52 Å². The topological polar surface area (TPSA) is 56.7 Å². The van der Waals surface area contributed by atoms with Crippen LogP contribution in [-0.2, 0) is 6.54 Å². The van der Waals surface area contributed by atoms with Crippen LogP contribution >= 0.6 is 11.3 Å². The van der Waals surface area contributed by atoms with Crippen molar-refractivity contribution in [2.75, 3.05) is 0 Å². The van der Waals surface area contributed by atoms with Gasteiger partial charge in [-0.05, 0) is 18.4 Å². The molecule has 0 N–H and O–H groups in total. The van der Waals surface area contributed by atoms with E-state index in [1.165, 1.54) is 0 Å². The van der Waals surface area contributed by atoms with Gasteiger partial charge in [-0.3, -0.25) is 4.68 Å². The molecule has 6 heteroatoms. The van der Waals surface area contributed by atoms with Gasteiger partial charge in [0.05, 0.1) is 16.6 Å². The van der Waals surface area contributed by atoms with Crippen LogP contribution in [0.25, 0.3) is 22.2 Å². The fourth-order valence-electron chi connectivity index (χ4n) is 1.49. The highest BCUT2D eigenvalue weighted by Crippen LogP contribution is 2.24. The minimum absolute atomic E-state index is 0.508. The minimum Gasteiger partial charge on any atom is -0.333 e. The fourth-order valence-corrected chi connectivity index (χ4v) is 2.14. The summed E-state index contributed by atoms with van der Waals surface area (Å²) in [5.41, 5.74) is 0.849. The molecule has 3 aromatic heterocycles. The van der Waals surface area contributed by atoms with Crippen LogP contribution in [0, 0.1) is 0 Å². The Hall–Kier alpha value is -1.95. The predicted octanol–water partition coefficient (Wildman–Crippen LogP) is 2.68. The highest BCUT2D eigenvalue weighted by Gasteiger charge is 2.12. The van der Waals surface area contributed by atoms with Crippen molar-refractivity contribution in [2.45, 2.75) is 13.5 Å². The van der Waals surface area contributed by atoms with Crippen LogP contribution in [0.2, 0.25) is 0 Å². The number of hydrogen-bond donors (Lipinski definition) is 0. The van der Waals surface area contributed by atoms with Gasteiger partial charge < -0.3 is 4.52 Å². The number of thiophene rings is 1. The molecule has 3 heterocycles. The van der Waals surface area contributed by atoms with Crippen LogP contribution in [0.5, 0.6) is 0 Å². The molecule has 17 heavy (non-hydrogen) atoms. The van der Waals surface area contributed by atoms with Crippen LogP contribution < -0.4 is 0 Å². The smallest absolute Gasteiger partial charge is 0.261 e. The van der Waals surface area contributed by atoms with Gasteiger partial charge in [0.2, 0.25) is 5.82 Å². The Kier molecular flexibility index (Phi) is 2.49. The van der Waals surface area contributed by atoms with E-state index in [1.54, 1.807) is 17.5 Å². The van der Waals surface area contributed by atoms with E-state index in [9.17, 15) is 0 Å². The number of rotatable bonds is 3. The van der Waals surface area contributed by atoms with Gasteiger partial charge in [0.25, 0.3) is 5.89 Å². The van der Waals surface area contributed by atoms with Gasteiger partial charge in [-0.2, -0.15) is 10.1 Å². The second-order valence-electron chi connectivity index (χ2n) is 3.49. The van der Waals surface area contributed by atoms with Crippen molar-refractivity contribution in [3.63, 3.8) is 0 Å². The Balaban J connectivity index is 1.94. The van der Waals surface area contributed by atoms with E-state index in [0.29, 0.717) is 11.7 Å². The molecule has 3 aromatic rings. The van der Waals surface area contributed by atoms with E-state index in [1.807, 2.05) is 35.3 Å². The third-order valence-electron chi connectivity index (χ3n) is 2.37. The third kappa shape index (κ3) is 1.87. The Morgan fingerprint density at radius 1 is 1.47 bits per heavy atom. The molecule has 0 unspecified atom stereocenters. The second kappa shape index (κ2) is 4.14. The van der Waals surface area contributed by atoms with E-state index < -0.39 is 0 Å². The van der Waals surface area contributed by atoms with E-state index >= 15 is 0 Å². The summed E-state index contributed by atoms with van der Waals surface area (Å²) < 4.78 is 7.05. The van der Waals surface area contributed by atoms with E-state index in [0.717, 1.165) is 17.0 Å². The lowest BCUT2D eigenvalue weighted by Gasteiger charge is -1.89. The van der Waals surface area contributed by atoms with Gasteiger partial charge in [0.1, 0.15) is 0 Å². The summed E-state index contributed by atoms with van der Waals surface area (Å²) >= 11 is 1.59. The Morgan fingerprint density at radius 3 is 3.12 bits per heavy atom. The van der Waals surface area contributed by atoms with Crippen molar-refractivity contribution < 1.29 is 4.52 Å². The first-order chi connectivity index (χ1) is 8.36. The molecule has 0 radical (unpaired) electrons. The zero-order chi connectivity index (χ0) is 11.7. The van der Waals surface area contributed by atoms with Crippen molar-refractivity contribution >= 4 is 11.3 Å². The lowest BCUT2D eigenvalue weighted by Crippen LogP contribution is -1.91. The van der Waals surface area contributed by atoms with Gasteiger partial charge in [0, 0.05) is 12.7 Å². The van der Waals surface area contributed by atoms with Crippen molar-refractivity contribution in [1.29, 1.82) is 0 Å². The summed E-state index contributed by atoms with van der Waals surface area (Å²) in [6.07, 6.45) is 3.63. The highest BCUT2D eigenvalue weighted by atomic mass is 32.1.